The highest BCUT2D eigenvalue weighted by Crippen LogP contribution is 2.11. The molecule has 1 saturated heterocycles. The Kier molecular flexibility index (Phi) is 3.13. The highest BCUT2D eigenvalue weighted by atomic mass is 19.1. The van der Waals surface area contributed by atoms with E-state index >= 15 is 0 Å². The van der Waals surface area contributed by atoms with Gasteiger partial charge in [-0.25, -0.2) is 4.39 Å². The van der Waals surface area contributed by atoms with Crippen LogP contribution in [0.5, 0.6) is 0 Å². The molecule has 1 nitrogen and oxygen atoms in total. The smallest absolute Gasteiger partial charge is 0.105 e. The van der Waals surface area contributed by atoms with Crippen LogP contribution in [0.15, 0.2) is 0 Å². The summed E-state index contributed by atoms with van der Waals surface area (Å²) in [5.74, 6) is 0. The van der Waals surface area contributed by atoms with E-state index in [0.717, 1.165) is 13.1 Å². The van der Waals surface area contributed by atoms with Crippen LogP contribution in [0.3, 0.4) is 0 Å². The lowest BCUT2D eigenvalue weighted by Gasteiger charge is -2.30. The van der Waals surface area contributed by atoms with E-state index in [0.29, 0.717) is 0 Å². The Bertz CT molecular complexity index is 89.3. The van der Waals surface area contributed by atoms with Gasteiger partial charge in [0.05, 0.1) is 0 Å². The summed E-state index contributed by atoms with van der Waals surface area (Å²) in [5.41, 5.74) is 0. The van der Waals surface area contributed by atoms with Crippen LogP contribution in [0.4, 0.5) is 4.39 Å². The number of piperidine rings is 1. The van der Waals surface area contributed by atoms with Crippen molar-refractivity contribution in [1.29, 1.82) is 0 Å². The molecule has 1 aliphatic rings. The molecule has 0 radical (unpaired) electrons. The first kappa shape index (κ1) is 7.99. The van der Waals surface area contributed by atoms with E-state index in [2.05, 4.69) is 4.90 Å². The Labute approximate surface area is 62.2 Å². The van der Waals surface area contributed by atoms with Gasteiger partial charge in [0, 0.05) is 6.04 Å². The second-order valence-electron chi connectivity index (χ2n) is 3.10. The number of hydrogen-bond donors (Lipinski definition) is 0. The third-order valence-electron chi connectivity index (χ3n) is 2.24. The standard InChI is InChI=1S/C8H16FN/c1-8(7-9)10-5-3-2-4-6-10/h8H,2-7H2,1H3. The molecular weight excluding hydrogens is 129 g/mol. The van der Waals surface area contributed by atoms with Gasteiger partial charge in [-0.2, -0.15) is 0 Å². The predicted octanol–water partition coefficient (Wildman–Crippen LogP) is 1.83. The maximum Gasteiger partial charge on any atom is 0.105 e. The molecule has 0 aromatic rings. The van der Waals surface area contributed by atoms with Crippen molar-refractivity contribution in [3.63, 3.8) is 0 Å². The monoisotopic (exact) mass is 145 g/mol. The third-order valence-corrected chi connectivity index (χ3v) is 2.24. The lowest BCUT2D eigenvalue weighted by molar-refractivity contribution is 0.150. The molecular formula is C8H16FN. The Hall–Kier alpha value is -0.110. The van der Waals surface area contributed by atoms with Crippen LogP contribution < -0.4 is 0 Å². The summed E-state index contributed by atoms with van der Waals surface area (Å²) in [4.78, 5) is 2.24. The summed E-state index contributed by atoms with van der Waals surface area (Å²) in [6, 6.07) is 0.153. The first-order valence-corrected chi connectivity index (χ1v) is 4.14. The molecule has 2 heteroatoms. The summed E-state index contributed by atoms with van der Waals surface area (Å²) in [6.45, 7) is 3.97. The van der Waals surface area contributed by atoms with Crippen LogP contribution in [0.2, 0.25) is 0 Å². The van der Waals surface area contributed by atoms with E-state index in [1.54, 1.807) is 0 Å². The van der Waals surface area contributed by atoms with Gasteiger partial charge in [0.1, 0.15) is 6.67 Å². The summed E-state index contributed by atoms with van der Waals surface area (Å²) >= 11 is 0. The van der Waals surface area contributed by atoms with Crippen molar-refractivity contribution in [2.24, 2.45) is 0 Å². The Balaban J connectivity index is 2.24. The molecule has 60 valence electrons. The normalized spacial score (nSPS) is 24.6. The van der Waals surface area contributed by atoms with E-state index in [-0.39, 0.29) is 12.7 Å². The number of rotatable bonds is 2. The van der Waals surface area contributed by atoms with Crippen molar-refractivity contribution in [2.75, 3.05) is 19.8 Å². The third kappa shape index (κ3) is 1.94. The van der Waals surface area contributed by atoms with Gasteiger partial charge >= 0.3 is 0 Å². The van der Waals surface area contributed by atoms with Crippen molar-refractivity contribution >= 4 is 0 Å². The number of alkyl halides is 1. The van der Waals surface area contributed by atoms with Gasteiger partial charge in [0.2, 0.25) is 0 Å². The summed E-state index contributed by atoms with van der Waals surface area (Å²) in [5, 5.41) is 0. The van der Waals surface area contributed by atoms with E-state index in [4.69, 9.17) is 0 Å². The van der Waals surface area contributed by atoms with Gasteiger partial charge in [0.25, 0.3) is 0 Å². The average Bonchev–Trinajstić information content (AvgIpc) is 2.05. The van der Waals surface area contributed by atoms with Crippen LogP contribution >= 0.6 is 0 Å². The number of likely N-dealkylation sites (tertiary alicyclic amines) is 1. The minimum atomic E-state index is -0.194. The molecule has 1 atom stereocenters. The molecule has 0 aromatic heterocycles. The molecule has 0 amide bonds. The van der Waals surface area contributed by atoms with Gasteiger partial charge in [-0.1, -0.05) is 6.42 Å². The fraction of sp³-hybridized carbons (Fsp3) is 1.00. The molecule has 0 bridgehead atoms. The van der Waals surface area contributed by atoms with Crippen molar-refractivity contribution in [1.82, 2.24) is 4.90 Å². The molecule has 0 spiro atoms. The highest BCUT2D eigenvalue weighted by Gasteiger charge is 2.15. The topological polar surface area (TPSA) is 3.24 Å². The lowest BCUT2D eigenvalue weighted by Crippen LogP contribution is -2.38. The maximum atomic E-state index is 12.1. The van der Waals surface area contributed by atoms with Crippen molar-refractivity contribution in [3.8, 4) is 0 Å². The number of nitrogens with zero attached hydrogens (tertiary/aromatic N) is 1. The van der Waals surface area contributed by atoms with E-state index in [9.17, 15) is 4.39 Å². The van der Waals surface area contributed by atoms with Crippen molar-refractivity contribution in [2.45, 2.75) is 32.2 Å². The number of hydrogen-bond acceptors (Lipinski definition) is 1. The SMILES string of the molecule is CC(CF)N1CCCCC1. The fourth-order valence-electron chi connectivity index (χ4n) is 1.46. The molecule has 1 aliphatic heterocycles. The highest BCUT2D eigenvalue weighted by molar-refractivity contribution is 4.70. The summed E-state index contributed by atoms with van der Waals surface area (Å²) in [7, 11) is 0. The molecule has 1 fully saturated rings. The first-order chi connectivity index (χ1) is 4.84. The maximum absolute atomic E-state index is 12.1. The molecule has 1 unspecified atom stereocenters. The minimum absolute atomic E-state index is 0.153. The van der Waals surface area contributed by atoms with Crippen LogP contribution in [-0.2, 0) is 0 Å². The Morgan fingerprint density at radius 3 is 2.40 bits per heavy atom. The molecule has 0 N–H and O–H groups in total. The van der Waals surface area contributed by atoms with Crippen molar-refractivity contribution < 1.29 is 4.39 Å². The van der Waals surface area contributed by atoms with Gasteiger partial charge < -0.3 is 0 Å². The predicted molar refractivity (Wildman–Crippen MR) is 40.9 cm³/mol. The van der Waals surface area contributed by atoms with E-state index in [1.165, 1.54) is 19.3 Å². The van der Waals surface area contributed by atoms with Crippen molar-refractivity contribution in [3.05, 3.63) is 0 Å². The fourth-order valence-corrected chi connectivity index (χ4v) is 1.46. The summed E-state index contributed by atoms with van der Waals surface area (Å²) < 4.78 is 12.1. The van der Waals surface area contributed by atoms with Crippen LogP contribution in [-0.4, -0.2) is 30.7 Å². The van der Waals surface area contributed by atoms with E-state index in [1.807, 2.05) is 6.92 Å². The second kappa shape index (κ2) is 3.91. The Morgan fingerprint density at radius 1 is 1.30 bits per heavy atom. The molecule has 10 heavy (non-hydrogen) atoms. The molecule has 0 saturated carbocycles. The minimum Gasteiger partial charge on any atom is -0.298 e. The van der Waals surface area contributed by atoms with Crippen LogP contribution in [0, 0.1) is 0 Å². The largest absolute Gasteiger partial charge is 0.298 e. The lowest BCUT2D eigenvalue weighted by atomic mass is 10.1. The Morgan fingerprint density at radius 2 is 1.90 bits per heavy atom. The zero-order valence-corrected chi connectivity index (χ0v) is 6.65. The van der Waals surface area contributed by atoms with Crippen LogP contribution in [0.25, 0.3) is 0 Å². The first-order valence-electron chi connectivity index (χ1n) is 4.14. The summed E-state index contributed by atoms with van der Waals surface area (Å²) in [6.07, 6.45) is 3.84. The zero-order valence-electron chi connectivity index (χ0n) is 6.65. The van der Waals surface area contributed by atoms with Gasteiger partial charge in [-0.15, -0.1) is 0 Å². The molecule has 1 rings (SSSR count). The molecule has 0 aliphatic carbocycles. The quantitative estimate of drug-likeness (QED) is 0.573. The van der Waals surface area contributed by atoms with Gasteiger partial charge in [-0.05, 0) is 32.9 Å². The van der Waals surface area contributed by atoms with E-state index < -0.39 is 0 Å². The second-order valence-corrected chi connectivity index (χ2v) is 3.10. The zero-order chi connectivity index (χ0) is 7.40. The average molecular weight is 145 g/mol. The van der Waals surface area contributed by atoms with Gasteiger partial charge in [-0.3, -0.25) is 4.90 Å². The number of halogens is 1. The molecule has 0 aromatic carbocycles. The molecule has 1 heterocycles. The van der Waals surface area contributed by atoms with Crippen LogP contribution in [0.1, 0.15) is 26.2 Å². The van der Waals surface area contributed by atoms with Gasteiger partial charge in [0.15, 0.2) is 0 Å².